The van der Waals surface area contributed by atoms with Crippen LogP contribution in [-0.2, 0) is 9.53 Å². The Hall–Kier alpha value is -3.21. The van der Waals surface area contributed by atoms with Crippen LogP contribution in [0.25, 0.3) is 6.08 Å². The van der Waals surface area contributed by atoms with Crippen LogP contribution in [0, 0.1) is 5.82 Å². The number of para-hydroxylation sites is 1. The molecule has 1 aliphatic rings. The molecule has 0 atom stereocenters. The summed E-state index contributed by atoms with van der Waals surface area (Å²) in [6, 6.07) is 13.0. The van der Waals surface area contributed by atoms with E-state index in [1.807, 2.05) is 25.1 Å². The number of hydrogen-bond donors (Lipinski definition) is 0. The first-order chi connectivity index (χ1) is 12.0. The van der Waals surface area contributed by atoms with E-state index in [0.717, 1.165) is 5.57 Å². The molecule has 1 heterocycles. The van der Waals surface area contributed by atoms with E-state index >= 15 is 0 Å². The number of carbonyl (C=O) groups is 1. The maximum absolute atomic E-state index is 13.3. The van der Waals surface area contributed by atoms with Crippen molar-refractivity contribution in [3.8, 4) is 5.75 Å². The monoisotopic (exact) mass is 337 g/mol. The number of ether oxygens (including phenoxy) is 2. The van der Waals surface area contributed by atoms with Gasteiger partial charge in [-0.1, -0.05) is 30.8 Å². The molecule has 0 saturated carbocycles. The highest BCUT2D eigenvalue weighted by Gasteiger charge is 2.24. The van der Waals surface area contributed by atoms with Crippen molar-refractivity contribution >= 4 is 17.9 Å². The molecule has 3 rings (SSSR count). The van der Waals surface area contributed by atoms with Crippen LogP contribution in [0.5, 0.6) is 5.75 Å². The van der Waals surface area contributed by atoms with E-state index in [0.29, 0.717) is 23.5 Å². The fourth-order valence-electron chi connectivity index (χ4n) is 2.23. The lowest BCUT2D eigenvalue weighted by molar-refractivity contribution is -0.129. The largest absolute Gasteiger partial charge is 0.489 e. The summed E-state index contributed by atoms with van der Waals surface area (Å²) in [4.78, 5) is 16.2. The number of rotatable bonds is 5. The van der Waals surface area contributed by atoms with Crippen LogP contribution in [0.15, 0.2) is 71.4 Å². The second kappa shape index (κ2) is 7.13. The lowest BCUT2D eigenvalue weighted by atomic mass is 10.1. The van der Waals surface area contributed by atoms with E-state index in [1.54, 1.807) is 18.2 Å². The number of aliphatic imine (C=N–C) groups is 1. The molecule has 0 spiro atoms. The van der Waals surface area contributed by atoms with Gasteiger partial charge < -0.3 is 9.47 Å². The van der Waals surface area contributed by atoms with E-state index in [1.165, 1.54) is 18.2 Å². The van der Waals surface area contributed by atoms with Crippen molar-refractivity contribution in [1.82, 2.24) is 0 Å². The molecule has 5 heteroatoms. The fourth-order valence-corrected chi connectivity index (χ4v) is 2.23. The summed E-state index contributed by atoms with van der Waals surface area (Å²) in [6.45, 7) is 6.04. The van der Waals surface area contributed by atoms with Gasteiger partial charge in [-0.05, 0) is 42.8 Å². The number of cyclic esters (lactones) is 1. The molecule has 0 bridgehead atoms. The van der Waals surface area contributed by atoms with Crippen molar-refractivity contribution in [2.45, 2.75) is 6.92 Å². The van der Waals surface area contributed by atoms with Gasteiger partial charge in [0, 0.05) is 11.1 Å². The van der Waals surface area contributed by atoms with Crippen LogP contribution in [-0.4, -0.2) is 18.5 Å². The predicted octanol–water partition coefficient (Wildman–Crippen LogP) is 4.13. The summed E-state index contributed by atoms with van der Waals surface area (Å²) >= 11 is 0. The zero-order valence-electron chi connectivity index (χ0n) is 13.7. The van der Waals surface area contributed by atoms with Gasteiger partial charge in [-0.2, -0.15) is 0 Å². The molecule has 0 amide bonds. The lowest BCUT2D eigenvalue weighted by Gasteiger charge is -2.08. The Morgan fingerprint density at radius 1 is 1.28 bits per heavy atom. The van der Waals surface area contributed by atoms with Crippen LogP contribution in [0.4, 0.5) is 4.39 Å². The molecule has 0 aromatic heterocycles. The quantitative estimate of drug-likeness (QED) is 0.468. The van der Waals surface area contributed by atoms with Crippen molar-refractivity contribution in [2.24, 2.45) is 4.99 Å². The van der Waals surface area contributed by atoms with Gasteiger partial charge in [-0.15, -0.1) is 0 Å². The summed E-state index contributed by atoms with van der Waals surface area (Å²) in [7, 11) is 0. The zero-order valence-corrected chi connectivity index (χ0v) is 13.7. The molecule has 0 unspecified atom stereocenters. The van der Waals surface area contributed by atoms with E-state index < -0.39 is 11.8 Å². The standard InChI is InChI=1S/C20H16FNO3/c1-13(2)12-24-18-9-4-3-6-14(18)11-17-20(23)25-19(22-17)15-7-5-8-16(21)10-15/h3-11H,1,12H2,2H3/b17-11-. The van der Waals surface area contributed by atoms with Gasteiger partial charge in [0.05, 0.1) is 0 Å². The van der Waals surface area contributed by atoms with Crippen molar-refractivity contribution in [3.63, 3.8) is 0 Å². The second-order valence-electron chi connectivity index (χ2n) is 5.63. The fraction of sp³-hybridized carbons (Fsp3) is 0.100. The van der Waals surface area contributed by atoms with Crippen LogP contribution < -0.4 is 4.74 Å². The van der Waals surface area contributed by atoms with Crippen molar-refractivity contribution < 1.29 is 18.7 Å². The van der Waals surface area contributed by atoms with Crippen LogP contribution >= 0.6 is 0 Å². The highest BCUT2D eigenvalue weighted by Crippen LogP contribution is 2.25. The molecule has 126 valence electrons. The minimum absolute atomic E-state index is 0.0797. The first-order valence-electron chi connectivity index (χ1n) is 7.67. The van der Waals surface area contributed by atoms with Crippen LogP contribution in [0.3, 0.4) is 0 Å². The third-order valence-electron chi connectivity index (χ3n) is 3.38. The van der Waals surface area contributed by atoms with E-state index in [2.05, 4.69) is 11.6 Å². The number of hydrogen-bond acceptors (Lipinski definition) is 4. The summed E-state index contributed by atoms with van der Waals surface area (Å²) < 4.78 is 24.2. The Morgan fingerprint density at radius 2 is 2.08 bits per heavy atom. The number of benzene rings is 2. The molecule has 2 aromatic rings. The number of carbonyl (C=O) groups excluding carboxylic acids is 1. The van der Waals surface area contributed by atoms with Gasteiger partial charge in [-0.3, -0.25) is 0 Å². The van der Waals surface area contributed by atoms with Gasteiger partial charge in [-0.25, -0.2) is 14.2 Å². The minimum atomic E-state index is -0.589. The van der Waals surface area contributed by atoms with Crippen LogP contribution in [0.1, 0.15) is 18.1 Å². The number of esters is 1. The molecule has 0 fully saturated rings. The predicted molar refractivity (Wildman–Crippen MR) is 93.8 cm³/mol. The molecule has 4 nitrogen and oxygen atoms in total. The summed E-state index contributed by atoms with van der Waals surface area (Å²) in [5, 5.41) is 0. The highest BCUT2D eigenvalue weighted by molar-refractivity contribution is 6.12. The van der Waals surface area contributed by atoms with Gasteiger partial charge in [0.1, 0.15) is 18.2 Å². The van der Waals surface area contributed by atoms with E-state index in [9.17, 15) is 9.18 Å². The Kier molecular flexibility index (Phi) is 4.75. The third-order valence-corrected chi connectivity index (χ3v) is 3.38. The average Bonchev–Trinajstić information content (AvgIpc) is 2.95. The third kappa shape index (κ3) is 4.01. The molecule has 2 aromatic carbocycles. The second-order valence-corrected chi connectivity index (χ2v) is 5.63. The van der Waals surface area contributed by atoms with Crippen LogP contribution in [0.2, 0.25) is 0 Å². The molecule has 0 saturated heterocycles. The summed E-state index contributed by atoms with van der Waals surface area (Å²) in [6.07, 6.45) is 1.59. The number of nitrogens with zero attached hydrogens (tertiary/aromatic N) is 1. The maximum atomic E-state index is 13.3. The Bertz CT molecular complexity index is 899. The normalized spacial score (nSPS) is 15.0. The summed E-state index contributed by atoms with van der Waals surface area (Å²) in [5.74, 6) is -0.322. The molecule has 1 aliphatic heterocycles. The molecule has 0 N–H and O–H groups in total. The van der Waals surface area contributed by atoms with E-state index in [-0.39, 0.29) is 11.6 Å². The van der Waals surface area contributed by atoms with Crippen molar-refractivity contribution in [1.29, 1.82) is 0 Å². The molecule has 0 aliphatic carbocycles. The molecular weight excluding hydrogens is 321 g/mol. The van der Waals surface area contributed by atoms with Gasteiger partial charge in [0.25, 0.3) is 0 Å². The first-order valence-corrected chi connectivity index (χ1v) is 7.67. The zero-order chi connectivity index (χ0) is 17.8. The minimum Gasteiger partial charge on any atom is -0.489 e. The smallest absolute Gasteiger partial charge is 0.363 e. The SMILES string of the molecule is C=C(C)COc1ccccc1/C=C1\N=C(c2cccc(F)c2)OC1=O. The summed E-state index contributed by atoms with van der Waals surface area (Å²) in [5.41, 5.74) is 2.11. The van der Waals surface area contributed by atoms with Crippen molar-refractivity contribution in [3.05, 3.63) is 83.3 Å². The first kappa shape index (κ1) is 16.6. The Labute approximate surface area is 144 Å². The number of halogens is 1. The molecular formula is C20H16FNO3. The van der Waals surface area contributed by atoms with Gasteiger partial charge in [0.2, 0.25) is 5.90 Å². The molecule has 0 radical (unpaired) electrons. The Balaban J connectivity index is 1.91. The van der Waals surface area contributed by atoms with Gasteiger partial charge in [0.15, 0.2) is 5.70 Å². The Morgan fingerprint density at radius 3 is 2.84 bits per heavy atom. The maximum Gasteiger partial charge on any atom is 0.363 e. The topological polar surface area (TPSA) is 47.9 Å². The molecule has 25 heavy (non-hydrogen) atoms. The average molecular weight is 337 g/mol. The van der Waals surface area contributed by atoms with E-state index in [4.69, 9.17) is 9.47 Å². The van der Waals surface area contributed by atoms with Crippen molar-refractivity contribution in [2.75, 3.05) is 6.61 Å². The highest BCUT2D eigenvalue weighted by atomic mass is 19.1. The van der Waals surface area contributed by atoms with Gasteiger partial charge >= 0.3 is 5.97 Å². The lowest BCUT2D eigenvalue weighted by Crippen LogP contribution is -2.05.